The second-order valence-electron chi connectivity index (χ2n) is 4.31. The average Bonchev–Trinajstić information content (AvgIpc) is 2.69. The number of ether oxygens (including phenoxy) is 1. The van der Waals surface area contributed by atoms with Crippen LogP contribution in [0.25, 0.3) is 0 Å². The minimum absolute atomic E-state index is 0.821. The molecule has 1 heterocycles. The van der Waals surface area contributed by atoms with Crippen molar-refractivity contribution in [2.45, 2.75) is 26.4 Å². The summed E-state index contributed by atoms with van der Waals surface area (Å²) in [7, 11) is 0. The van der Waals surface area contributed by atoms with Gasteiger partial charge in [0.15, 0.2) is 0 Å². The third-order valence-corrected chi connectivity index (χ3v) is 2.99. The lowest BCUT2D eigenvalue weighted by Gasteiger charge is -2.14. The van der Waals surface area contributed by atoms with Crippen LogP contribution in [0, 0.1) is 0 Å². The summed E-state index contributed by atoms with van der Waals surface area (Å²) in [6.07, 6.45) is 1.09. The number of nitrogens with zero attached hydrogens (tertiary/aromatic N) is 1. The summed E-state index contributed by atoms with van der Waals surface area (Å²) in [4.78, 5) is 2.39. The SMILES string of the molecule is CCCOCCN1Cc2cccc(N)c2C1. The smallest absolute Gasteiger partial charge is 0.0593 e. The second-order valence-corrected chi connectivity index (χ2v) is 4.31. The third kappa shape index (κ3) is 2.54. The highest BCUT2D eigenvalue weighted by Gasteiger charge is 2.19. The van der Waals surface area contributed by atoms with Gasteiger partial charge in [0.25, 0.3) is 0 Å². The summed E-state index contributed by atoms with van der Waals surface area (Å²) in [6.45, 7) is 6.79. The molecule has 0 unspecified atom stereocenters. The van der Waals surface area contributed by atoms with Gasteiger partial charge in [-0.25, -0.2) is 0 Å². The number of nitrogens with two attached hydrogens (primary N) is 1. The molecule has 1 aliphatic heterocycles. The molecule has 1 aromatic rings. The lowest BCUT2D eigenvalue weighted by Crippen LogP contribution is -2.21. The van der Waals surface area contributed by atoms with Crippen molar-refractivity contribution in [3.05, 3.63) is 29.3 Å². The molecule has 0 atom stereocenters. The Morgan fingerprint density at radius 2 is 2.19 bits per heavy atom. The molecule has 2 rings (SSSR count). The minimum atomic E-state index is 0.821. The van der Waals surface area contributed by atoms with Crippen LogP contribution in [0.15, 0.2) is 18.2 Å². The van der Waals surface area contributed by atoms with Crippen molar-refractivity contribution in [3.8, 4) is 0 Å². The van der Waals surface area contributed by atoms with Gasteiger partial charge in [0.05, 0.1) is 6.61 Å². The van der Waals surface area contributed by atoms with Gasteiger partial charge in [0.2, 0.25) is 0 Å². The van der Waals surface area contributed by atoms with Gasteiger partial charge in [-0.15, -0.1) is 0 Å². The fraction of sp³-hybridized carbons (Fsp3) is 0.538. The van der Waals surface area contributed by atoms with E-state index in [9.17, 15) is 0 Å². The monoisotopic (exact) mass is 220 g/mol. The lowest BCUT2D eigenvalue weighted by atomic mass is 10.1. The maximum Gasteiger partial charge on any atom is 0.0593 e. The van der Waals surface area contributed by atoms with E-state index in [1.165, 1.54) is 11.1 Å². The number of hydrogen-bond acceptors (Lipinski definition) is 3. The van der Waals surface area contributed by atoms with Crippen LogP contribution < -0.4 is 5.73 Å². The van der Waals surface area contributed by atoms with Crippen molar-refractivity contribution in [2.24, 2.45) is 0 Å². The summed E-state index contributed by atoms with van der Waals surface area (Å²) in [5.74, 6) is 0. The quantitative estimate of drug-likeness (QED) is 0.609. The Morgan fingerprint density at radius 3 is 2.94 bits per heavy atom. The molecule has 1 aromatic carbocycles. The number of hydrogen-bond donors (Lipinski definition) is 1. The highest BCUT2D eigenvalue weighted by Crippen LogP contribution is 2.26. The van der Waals surface area contributed by atoms with E-state index in [1.54, 1.807) is 0 Å². The predicted octanol–water partition coefficient (Wildman–Crippen LogP) is 2.01. The highest BCUT2D eigenvalue weighted by molar-refractivity contribution is 5.52. The van der Waals surface area contributed by atoms with Crippen LogP contribution in [0.1, 0.15) is 24.5 Å². The molecule has 0 spiro atoms. The molecule has 0 amide bonds. The zero-order valence-corrected chi connectivity index (χ0v) is 9.91. The molecule has 1 aliphatic rings. The van der Waals surface area contributed by atoms with Gasteiger partial charge < -0.3 is 10.5 Å². The number of fused-ring (bicyclic) bond motifs is 1. The van der Waals surface area contributed by atoms with Crippen LogP contribution in [-0.4, -0.2) is 24.7 Å². The van der Waals surface area contributed by atoms with Crippen LogP contribution in [0.3, 0.4) is 0 Å². The van der Waals surface area contributed by atoms with Gasteiger partial charge in [0.1, 0.15) is 0 Å². The molecule has 0 aliphatic carbocycles. The molecule has 0 saturated heterocycles. The van der Waals surface area contributed by atoms with E-state index in [2.05, 4.69) is 17.9 Å². The molecule has 0 bridgehead atoms. The van der Waals surface area contributed by atoms with E-state index < -0.39 is 0 Å². The molecule has 3 nitrogen and oxygen atoms in total. The number of rotatable bonds is 5. The van der Waals surface area contributed by atoms with Crippen molar-refractivity contribution >= 4 is 5.69 Å². The van der Waals surface area contributed by atoms with Crippen LogP contribution in [0.4, 0.5) is 5.69 Å². The van der Waals surface area contributed by atoms with E-state index in [4.69, 9.17) is 10.5 Å². The standard InChI is InChI=1S/C13H20N2O/c1-2-7-16-8-6-15-9-11-4-3-5-13(14)12(11)10-15/h3-5H,2,6-10,14H2,1H3. The molecule has 16 heavy (non-hydrogen) atoms. The molecule has 2 N–H and O–H groups in total. The molecule has 3 heteroatoms. The van der Waals surface area contributed by atoms with E-state index in [0.29, 0.717) is 0 Å². The normalized spacial score (nSPS) is 15.3. The Bertz CT molecular complexity index is 352. The van der Waals surface area contributed by atoms with Gasteiger partial charge >= 0.3 is 0 Å². The zero-order valence-electron chi connectivity index (χ0n) is 9.91. The maximum atomic E-state index is 5.95. The van der Waals surface area contributed by atoms with E-state index in [0.717, 1.165) is 45.0 Å². The van der Waals surface area contributed by atoms with Gasteiger partial charge in [-0.3, -0.25) is 4.90 Å². The largest absolute Gasteiger partial charge is 0.398 e. The van der Waals surface area contributed by atoms with E-state index >= 15 is 0 Å². The van der Waals surface area contributed by atoms with Crippen LogP contribution in [-0.2, 0) is 17.8 Å². The van der Waals surface area contributed by atoms with Crippen molar-refractivity contribution in [3.63, 3.8) is 0 Å². The first-order chi connectivity index (χ1) is 7.81. The van der Waals surface area contributed by atoms with E-state index in [-0.39, 0.29) is 0 Å². The Hall–Kier alpha value is -1.06. The molecule has 0 saturated carbocycles. The fourth-order valence-electron chi connectivity index (χ4n) is 2.11. The van der Waals surface area contributed by atoms with E-state index in [1.807, 2.05) is 12.1 Å². The van der Waals surface area contributed by atoms with Gasteiger partial charge in [0, 0.05) is 31.9 Å². The van der Waals surface area contributed by atoms with Crippen LogP contribution >= 0.6 is 0 Å². The maximum absolute atomic E-state index is 5.95. The van der Waals surface area contributed by atoms with Crippen molar-refractivity contribution in [1.29, 1.82) is 0 Å². The summed E-state index contributed by atoms with van der Waals surface area (Å²) >= 11 is 0. The average molecular weight is 220 g/mol. The molecule has 0 aromatic heterocycles. The number of benzene rings is 1. The Kier molecular flexibility index (Phi) is 3.80. The van der Waals surface area contributed by atoms with Crippen LogP contribution in [0.2, 0.25) is 0 Å². The highest BCUT2D eigenvalue weighted by atomic mass is 16.5. The van der Waals surface area contributed by atoms with Crippen molar-refractivity contribution in [2.75, 3.05) is 25.5 Å². The van der Waals surface area contributed by atoms with Gasteiger partial charge in [-0.05, 0) is 23.6 Å². The topological polar surface area (TPSA) is 38.5 Å². The van der Waals surface area contributed by atoms with Crippen molar-refractivity contribution in [1.82, 2.24) is 4.90 Å². The first-order valence-electron chi connectivity index (χ1n) is 5.97. The summed E-state index contributed by atoms with van der Waals surface area (Å²) in [6, 6.07) is 6.18. The Labute approximate surface area is 97.2 Å². The first kappa shape index (κ1) is 11.4. The zero-order chi connectivity index (χ0) is 11.4. The summed E-state index contributed by atoms with van der Waals surface area (Å²) in [5, 5.41) is 0. The summed E-state index contributed by atoms with van der Waals surface area (Å²) < 4.78 is 5.50. The second kappa shape index (κ2) is 5.32. The summed E-state index contributed by atoms with van der Waals surface area (Å²) in [5.41, 5.74) is 9.55. The first-order valence-corrected chi connectivity index (χ1v) is 5.97. The Morgan fingerprint density at radius 1 is 1.31 bits per heavy atom. The number of anilines is 1. The van der Waals surface area contributed by atoms with Crippen molar-refractivity contribution < 1.29 is 4.74 Å². The lowest BCUT2D eigenvalue weighted by molar-refractivity contribution is 0.103. The molecular weight excluding hydrogens is 200 g/mol. The molecular formula is C13H20N2O. The minimum Gasteiger partial charge on any atom is -0.398 e. The molecule has 0 fully saturated rings. The third-order valence-electron chi connectivity index (χ3n) is 2.99. The fourth-order valence-corrected chi connectivity index (χ4v) is 2.11. The van der Waals surface area contributed by atoms with Crippen LogP contribution in [0.5, 0.6) is 0 Å². The van der Waals surface area contributed by atoms with Gasteiger partial charge in [-0.1, -0.05) is 19.1 Å². The number of nitrogen functional groups attached to an aromatic ring is 1. The molecule has 88 valence electrons. The molecule has 0 radical (unpaired) electrons. The predicted molar refractivity (Wildman–Crippen MR) is 66.1 cm³/mol. The van der Waals surface area contributed by atoms with Gasteiger partial charge in [-0.2, -0.15) is 0 Å². The Balaban J connectivity index is 1.84.